The molecule has 1 aliphatic carbocycles. The molecule has 0 saturated heterocycles. The van der Waals surface area contributed by atoms with E-state index in [0.29, 0.717) is 11.5 Å². The van der Waals surface area contributed by atoms with Gasteiger partial charge in [0.05, 0.1) is 12.8 Å². The van der Waals surface area contributed by atoms with Crippen molar-refractivity contribution in [3.8, 4) is 5.75 Å². The Hall–Kier alpha value is -2.27. The number of hydrogen-bond donors (Lipinski definition) is 2. The van der Waals surface area contributed by atoms with Gasteiger partial charge in [-0.1, -0.05) is 6.07 Å². The standard InChI is InChI=1S/C17H19NO4/c19-15(16-5-2-8-21-16)10-18-17(20)11-22-14-7-6-12-3-1-4-13(12)9-14/h2,5-9,15,19H,1,3-4,10-11H2,(H,18,20). The predicted molar refractivity (Wildman–Crippen MR) is 80.6 cm³/mol. The Balaban J connectivity index is 1.44. The molecule has 116 valence electrons. The number of aliphatic hydroxyl groups is 1. The summed E-state index contributed by atoms with van der Waals surface area (Å²) in [6.45, 7) is 0.0313. The topological polar surface area (TPSA) is 71.7 Å². The zero-order chi connectivity index (χ0) is 15.4. The summed E-state index contributed by atoms with van der Waals surface area (Å²) in [5.74, 6) is 0.869. The fourth-order valence-electron chi connectivity index (χ4n) is 2.63. The Morgan fingerprint density at radius 3 is 3.00 bits per heavy atom. The smallest absolute Gasteiger partial charge is 0.258 e. The lowest BCUT2D eigenvalue weighted by Gasteiger charge is -2.11. The quantitative estimate of drug-likeness (QED) is 0.856. The predicted octanol–water partition coefficient (Wildman–Crippen LogP) is 2.00. The van der Waals surface area contributed by atoms with Gasteiger partial charge in [-0.2, -0.15) is 0 Å². The van der Waals surface area contributed by atoms with Crippen molar-refractivity contribution >= 4 is 5.91 Å². The minimum atomic E-state index is -0.848. The largest absolute Gasteiger partial charge is 0.484 e. The van der Waals surface area contributed by atoms with E-state index in [1.807, 2.05) is 12.1 Å². The van der Waals surface area contributed by atoms with E-state index in [9.17, 15) is 9.90 Å². The maximum absolute atomic E-state index is 11.7. The number of carbonyl (C=O) groups excluding carboxylic acids is 1. The zero-order valence-electron chi connectivity index (χ0n) is 12.2. The Kier molecular flexibility index (Phi) is 4.44. The molecule has 0 bridgehead atoms. The summed E-state index contributed by atoms with van der Waals surface area (Å²) < 4.78 is 10.6. The van der Waals surface area contributed by atoms with Gasteiger partial charge in [-0.25, -0.2) is 0 Å². The molecule has 0 saturated carbocycles. The molecule has 5 heteroatoms. The highest BCUT2D eigenvalue weighted by atomic mass is 16.5. The van der Waals surface area contributed by atoms with Crippen molar-refractivity contribution < 1.29 is 19.1 Å². The number of amides is 1. The first-order valence-corrected chi connectivity index (χ1v) is 7.45. The van der Waals surface area contributed by atoms with Gasteiger partial charge in [0.15, 0.2) is 6.61 Å². The molecule has 1 unspecified atom stereocenters. The van der Waals surface area contributed by atoms with Crippen molar-refractivity contribution in [3.63, 3.8) is 0 Å². The van der Waals surface area contributed by atoms with Crippen molar-refractivity contribution in [2.75, 3.05) is 13.2 Å². The number of rotatable bonds is 6. The van der Waals surface area contributed by atoms with Crippen LogP contribution in [0, 0.1) is 0 Å². The van der Waals surface area contributed by atoms with Crippen LogP contribution in [0.4, 0.5) is 0 Å². The normalized spacial score (nSPS) is 14.4. The molecule has 0 aliphatic heterocycles. The van der Waals surface area contributed by atoms with E-state index in [-0.39, 0.29) is 19.1 Å². The van der Waals surface area contributed by atoms with E-state index in [4.69, 9.17) is 9.15 Å². The first-order chi connectivity index (χ1) is 10.7. The summed E-state index contributed by atoms with van der Waals surface area (Å²) >= 11 is 0. The number of aliphatic hydroxyl groups excluding tert-OH is 1. The van der Waals surface area contributed by atoms with Crippen LogP contribution in [0.3, 0.4) is 0 Å². The van der Waals surface area contributed by atoms with Gasteiger partial charge < -0.3 is 19.6 Å². The highest BCUT2D eigenvalue weighted by Gasteiger charge is 2.13. The summed E-state index contributed by atoms with van der Waals surface area (Å²) in [5, 5.41) is 12.4. The van der Waals surface area contributed by atoms with Crippen LogP contribution >= 0.6 is 0 Å². The first-order valence-electron chi connectivity index (χ1n) is 7.45. The van der Waals surface area contributed by atoms with Crippen molar-refractivity contribution in [1.29, 1.82) is 0 Å². The molecular weight excluding hydrogens is 282 g/mol. The Morgan fingerprint density at radius 1 is 1.32 bits per heavy atom. The number of fused-ring (bicyclic) bond motifs is 1. The SMILES string of the molecule is O=C(COc1ccc2c(c1)CCC2)NCC(O)c1ccco1. The van der Waals surface area contributed by atoms with Crippen LogP contribution in [-0.4, -0.2) is 24.2 Å². The second-order valence-electron chi connectivity index (χ2n) is 5.41. The van der Waals surface area contributed by atoms with Gasteiger partial charge in [-0.15, -0.1) is 0 Å². The molecule has 0 fully saturated rings. The number of nitrogens with one attached hydrogen (secondary N) is 1. The highest BCUT2D eigenvalue weighted by molar-refractivity contribution is 5.77. The molecule has 1 atom stereocenters. The number of hydrogen-bond acceptors (Lipinski definition) is 4. The van der Waals surface area contributed by atoms with Crippen molar-refractivity contribution in [2.24, 2.45) is 0 Å². The average molecular weight is 301 g/mol. The molecule has 2 aromatic rings. The molecule has 0 radical (unpaired) electrons. The molecule has 5 nitrogen and oxygen atoms in total. The van der Waals surface area contributed by atoms with Crippen LogP contribution in [0.15, 0.2) is 41.0 Å². The number of furan rings is 1. The summed E-state index contributed by atoms with van der Waals surface area (Å²) in [7, 11) is 0. The second kappa shape index (κ2) is 6.66. The fourth-order valence-corrected chi connectivity index (χ4v) is 2.63. The third-order valence-corrected chi connectivity index (χ3v) is 3.80. The molecule has 1 amide bonds. The van der Waals surface area contributed by atoms with E-state index in [0.717, 1.165) is 12.8 Å². The minimum absolute atomic E-state index is 0.0658. The maximum Gasteiger partial charge on any atom is 0.258 e. The third-order valence-electron chi connectivity index (χ3n) is 3.80. The molecule has 1 aliphatic rings. The molecule has 2 N–H and O–H groups in total. The lowest BCUT2D eigenvalue weighted by molar-refractivity contribution is -0.123. The molecular formula is C17H19NO4. The van der Waals surface area contributed by atoms with Gasteiger partial charge in [-0.3, -0.25) is 4.79 Å². The molecule has 1 aromatic heterocycles. The van der Waals surface area contributed by atoms with E-state index in [2.05, 4.69) is 11.4 Å². The van der Waals surface area contributed by atoms with E-state index < -0.39 is 6.10 Å². The first kappa shape index (κ1) is 14.7. The summed E-state index contributed by atoms with van der Waals surface area (Å²) in [6, 6.07) is 9.33. The summed E-state index contributed by atoms with van der Waals surface area (Å²) in [6.07, 6.45) is 4.02. The molecule has 22 heavy (non-hydrogen) atoms. The van der Waals surface area contributed by atoms with Crippen molar-refractivity contribution in [3.05, 3.63) is 53.5 Å². The van der Waals surface area contributed by atoms with Crippen LogP contribution in [0.2, 0.25) is 0 Å². The minimum Gasteiger partial charge on any atom is -0.484 e. The molecule has 3 rings (SSSR count). The Morgan fingerprint density at radius 2 is 2.18 bits per heavy atom. The second-order valence-corrected chi connectivity index (χ2v) is 5.41. The fraction of sp³-hybridized carbons (Fsp3) is 0.353. The van der Waals surface area contributed by atoms with E-state index in [1.54, 1.807) is 12.1 Å². The number of ether oxygens (including phenoxy) is 1. The van der Waals surface area contributed by atoms with Crippen molar-refractivity contribution in [1.82, 2.24) is 5.32 Å². The molecule has 0 spiro atoms. The lowest BCUT2D eigenvalue weighted by Crippen LogP contribution is -2.32. The van der Waals surface area contributed by atoms with Crippen LogP contribution in [-0.2, 0) is 17.6 Å². The zero-order valence-corrected chi connectivity index (χ0v) is 12.2. The van der Waals surface area contributed by atoms with Crippen LogP contribution in [0.1, 0.15) is 29.4 Å². The molecule has 1 aromatic carbocycles. The van der Waals surface area contributed by atoms with Crippen LogP contribution in [0.5, 0.6) is 5.75 Å². The van der Waals surface area contributed by atoms with Gasteiger partial charge >= 0.3 is 0 Å². The Bertz CT molecular complexity index is 636. The summed E-state index contributed by atoms with van der Waals surface area (Å²) in [5.41, 5.74) is 2.68. The number of carbonyl (C=O) groups is 1. The monoisotopic (exact) mass is 301 g/mol. The third kappa shape index (κ3) is 3.49. The van der Waals surface area contributed by atoms with E-state index in [1.165, 1.54) is 23.8 Å². The maximum atomic E-state index is 11.7. The number of benzene rings is 1. The lowest BCUT2D eigenvalue weighted by atomic mass is 10.1. The van der Waals surface area contributed by atoms with Gasteiger partial charge in [0.2, 0.25) is 0 Å². The highest BCUT2D eigenvalue weighted by Crippen LogP contribution is 2.25. The van der Waals surface area contributed by atoms with Crippen LogP contribution < -0.4 is 10.1 Å². The molecule has 1 heterocycles. The van der Waals surface area contributed by atoms with E-state index >= 15 is 0 Å². The summed E-state index contributed by atoms with van der Waals surface area (Å²) in [4.78, 5) is 11.7. The van der Waals surface area contributed by atoms with Crippen LogP contribution in [0.25, 0.3) is 0 Å². The number of aryl methyl sites for hydroxylation is 2. The Labute approximate surface area is 128 Å². The van der Waals surface area contributed by atoms with Gasteiger partial charge in [0.25, 0.3) is 5.91 Å². The van der Waals surface area contributed by atoms with Gasteiger partial charge in [0.1, 0.15) is 17.6 Å². The van der Waals surface area contributed by atoms with Gasteiger partial charge in [-0.05, 0) is 54.7 Å². The van der Waals surface area contributed by atoms with Crippen molar-refractivity contribution in [2.45, 2.75) is 25.4 Å². The average Bonchev–Trinajstić information content (AvgIpc) is 3.20. The van der Waals surface area contributed by atoms with Gasteiger partial charge in [0, 0.05) is 0 Å².